The Balaban J connectivity index is 3.19. The summed E-state index contributed by atoms with van der Waals surface area (Å²) < 4.78 is 15.4. The van der Waals surface area contributed by atoms with Crippen LogP contribution < -0.4 is 5.73 Å². The first kappa shape index (κ1) is 24.4. The fourth-order valence-electron chi connectivity index (χ4n) is 2.06. The zero-order chi connectivity index (χ0) is 21.5. The van der Waals surface area contributed by atoms with Crippen LogP contribution in [0.4, 0.5) is 5.82 Å². The molecule has 0 aliphatic rings. The van der Waals surface area contributed by atoms with Gasteiger partial charge in [-0.3, -0.25) is 9.32 Å². The number of nitrogen functional groups attached to an aromatic ring is 1. The van der Waals surface area contributed by atoms with E-state index in [-0.39, 0.29) is 36.4 Å². The van der Waals surface area contributed by atoms with E-state index in [1.54, 1.807) is 13.8 Å². The maximum Gasteiger partial charge on any atom is 0.469 e. The van der Waals surface area contributed by atoms with Gasteiger partial charge in [-0.2, -0.15) is 0 Å². The second-order valence-corrected chi connectivity index (χ2v) is 8.75. The van der Waals surface area contributed by atoms with Gasteiger partial charge in [0.05, 0.1) is 18.2 Å². The molecule has 0 saturated carbocycles. The maximum atomic E-state index is 11.7. The zero-order valence-corrected chi connectivity index (χ0v) is 18.0. The Labute approximate surface area is 167 Å². The van der Waals surface area contributed by atoms with E-state index in [2.05, 4.69) is 14.5 Å². The summed E-state index contributed by atoms with van der Waals surface area (Å²) in [5.74, 6) is 0.641. The summed E-state index contributed by atoms with van der Waals surface area (Å²) in [6, 6.07) is 0. The van der Waals surface area contributed by atoms with E-state index < -0.39 is 7.82 Å². The summed E-state index contributed by atoms with van der Waals surface area (Å²) in [6.45, 7) is 6.84. The molecule has 0 unspecified atom stereocenters. The van der Waals surface area contributed by atoms with Crippen LogP contribution in [0.15, 0.2) is 16.8 Å². The number of hydrogen-bond donors (Lipinski definition) is 5. The van der Waals surface area contributed by atoms with Crippen molar-refractivity contribution < 1.29 is 28.8 Å². The molecule has 0 fully saturated rings. The number of anilines is 1. The van der Waals surface area contributed by atoms with Crippen LogP contribution in [0.2, 0.25) is 0 Å². The third-order valence-corrected chi connectivity index (χ3v) is 5.78. The minimum absolute atomic E-state index is 0.111. The highest BCUT2D eigenvalue weighted by molar-refractivity contribution is 8.02. The van der Waals surface area contributed by atoms with Gasteiger partial charge in [-0.05, 0) is 18.8 Å². The second-order valence-electron chi connectivity index (χ2n) is 6.29. The Morgan fingerprint density at radius 1 is 1.46 bits per heavy atom. The number of aromatic nitrogens is 2. The van der Waals surface area contributed by atoms with E-state index in [0.717, 1.165) is 0 Å². The van der Waals surface area contributed by atoms with Crippen molar-refractivity contribution in [3.05, 3.63) is 28.2 Å². The number of amides is 1. The van der Waals surface area contributed by atoms with Gasteiger partial charge >= 0.3 is 7.82 Å². The van der Waals surface area contributed by atoms with Crippen molar-refractivity contribution in [1.82, 2.24) is 14.9 Å². The van der Waals surface area contributed by atoms with Gasteiger partial charge in [0, 0.05) is 29.8 Å². The number of aliphatic hydroxyl groups excluding tert-OH is 1. The molecular weight excluding hydrogens is 407 g/mol. The number of carbonyl (C=O) groups excluding carboxylic acids is 1. The minimum Gasteiger partial charge on any atom is -0.383 e. The number of carbonyl (C=O) groups is 1. The lowest BCUT2D eigenvalue weighted by molar-refractivity contribution is -0.116. The SMILES string of the molecule is C/C(=C(CCOP(=O)(O)O)/[SH]=C(\O)C(C)C)N(C=O)Cc1cnc(C)nc1N. The van der Waals surface area contributed by atoms with E-state index >= 15 is 0 Å². The number of rotatable bonds is 10. The smallest absolute Gasteiger partial charge is 0.383 e. The summed E-state index contributed by atoms with van der Waals surface area (Å²) in [6.07, 6.45) is 2.26. The number of phosphoric acid groups is 1. The Kier molecular flexibility index (Phi) is 9.42. The minimum atomic E-state index is -4.61. The van der Waals surface area contributed by atoms with Gasteiger partial charge in [-0.25, -0.2) is 14.5 Å². The summed E-state index contributed by atoms with van der Waals surface area (Å²) in [5.41, 5.74) is 6.95. The molecule has 1 heterocycles. The van der Waals surface area contributed by atoms with Crippen LogP contribution in [0.25, 0.3) is 0 Å². The highest BCUT2D eigenvalue weighted by Crippen LogP contribution is 2.36. The lowest BCUT2D eigenvalue weighted by Crippen LogP contribution is -2.22. The zero-order valence-electron chi connectivity index (χ0n) is 16.2. The van der Waals surface area contributed by atoms with Gasteiger partial charge in [0.1, 0.15) is 11.6 Å². The Hall–Kier alpha value is -1.62. The van der Waals surface area contributed by atoms with Gasteiger partial charge in [-0.15, -0.1) is 11.4 Å². The van der Waals surface area contributed by atoms with Crippen LogP contribution in [-0.2, 0) is 20.4 Å². The number of allylic oxidation sites excluding steroid dienone is 1. The number of phosphoric ester groups is 1. The first-order chi connectivity index (χ1) is 12.9. The second kappa shape index (κ2) is 10.8. The monoisotopic (exact) mass is 434 g/mol. The summed E-state index contributed by atoms with van der Waals surface area (Å²) in [4.78, 5) is 39.5. The lowest BCUT2D eigenvalue weighted by Gasteiger charge is -2.22. The average molecular weight is 434 g/mol. The topological polar surface area (TPSA) is 159 Å². The average Bonchev–Trinajstić information content (AvgIpc) is 2.58. The van der Waals surface area contributed by atoms with Crippen molar-refractivity contribution in [2.45, 2.75) is 40.7 Å². The number of nitrogens with zero attached hydrogens (tertiary/aromatic N) is 3. The molecule has 0 bridgehead atoms. The van der Waals surface area contributed by atoms with Crippen molar-refractivity contribution in [3.63, 3.8) is 0 Å². The van der Waals surface area contributed by atoms with Gasteiger partial charge in [-0.1, -0.05) is 13.8 Å². The number of hydrogen-bond acceptors (Lipinski definition) is 6. The molecule has 0 spiro atoms. The molecule has 1 aromatic rings. The molecule has 0 aliphatic heterocycles. The van der Waals surface area contributed by atoms with E-state index in [0.29, 0.717) is 39.8 Å². The molecular formula is C16H27N4O6PS. The summed E-state index contributed by atoms with van der Waals surface area (Å²) in [7, 11) is -4.61. The van der Waals surface area contributed by atoms with Gasteiger partial charge in [0.2, 0.25) is 6.41 Å². The standard InChI is InChI=1S/C16H27N4O6PS/c1-10(2)16(22)28-14(5-6-26-27(23,24)25)11(3)20(9-21)8-13-7-18-12(4)19-15(13)17/h7,9-10,22,28H,5-6,8H2,1-4H3,(H2,17,18,19)(H2,23,24,25)/b14-11-. The highest BCUT2D eigenvalue weighted by Gasteiger charge is 2.17. The first-order valence-electron chi connectivity index (χ1n) is 8.42. The molecule has 158 valence electrons. The molecule has 1 aromatic heterocycles. The van der Waals surface area contributed by atoms with E-state index in [1.165, 1.54) is 11.1 Å². The molecule has 12 heteroatoms. The van der Waals surface area contributed by atoms with Crippen LogP contribution in [0.1, 0.15) is 38.6 Å². The maximum absolute atomic E-state index is 11.7. The predicted octanol–water partition coefficient (Wildman–Crippen LogP) is 1.87. The van der Waals surface area contributed by atoms with E-state index in [1.807, 2.05) is 13.8 Å². The van der Waals surface area contributed by atoms with Crippen molar-refractivity contribution in [1.29, 1.82) is 0 Å². The third-order valence-electron chi connectivity index (χ3n) is 3.70. The Morgan fingerprint density at radius 3 is 2.61 bits per heavy atom. The Morgan fingerprint density at radius 2 is 2.11 bits per heavy atom. The highest BCUT2D eigenvalue weighted by atomic mass is 32.1. The number of nitrogens with two attached hydrogens (primary N) is 1. The van der Waals surface area contributed by atoms with Gasteiger partial charge in [0.25, 0.3) is 0 Å². The molecule has 0 aromatic carbocycles. The van der Waals surface area contributed by atoms with Crippen LogP contribution in [0, 0.1) is 12.8 Å². The van der Waals surface area contributed by atoms with Crippen LogP contribution in [0.5, 0.6) is 0 Å². The number of thiol groups is 1. The van der Waals surface area contributed by atoms with Crippen LogP contribution >= 0.6 is 19.2 Å². The fraction of sp³-hybridized carbons (Fsp3) is 0.500. The van der Waals surface area contributed by atoms with Crippen molar-refractivity contribution in [2.75, 3.05) is 12.3 Å². The molecule has 1 amide bonds. The van der Waals surface area contributed by atoms with Crippen molar-refractivity contribution in [3.8, 4) is 0 Å². The molecule has 28 heavy (non-hydrogen) atoms. The van der Waals surface area contributed by atoms with Gasteiger partial charge in [0.15, 0.2) is 0 Å². The molecule has 5 N–H and O–H groups in total. The largest absolute Gasteiger partial charge is 0.469 e. The van der Waals surface area contributed by atoms with E-state index in [4.69, 9.17) is 15.5 Å². The quantitative estimate of drug-likeness (QED) is 0.160. The molecule has 1 rings (SSSR count). The van der Waals surface area contributed by atoms with Crippen molar-refractivity contribution in [2.24, 2.45) is 5.92 Å². The van der Waals surface area contributed by atoms with E-state index in [9.17, 15) is 14.5 Å². The summed E-state index contributed by atoms with van der Waals surface area (Å²) in [5, 5.41) is 10.3. The fourth-order valence-corrected chi connectivity index (χ4v) is 3.42. The van der Waals surface area contributed by atoms with Crippen LogP contribution in [0.3, 0.4) is 0 Å². The normalized spacial score (nSPS) is 13.8. The molecule has 0 atom stereocenters. The van der Waals surface area contributed by atoms with Gasteiger partial charge < -0.3 is 25.5 Å². The molecule has 0 saturated heterocycles. The first-order valence-corrected chi connectivity index (χ1v) is 10.8. The third kappa shape index (κ3) is 8.17. The predicted molar refractivity (Wildman–Crippen MR) is 110 cm³/mol. The van der Waals surface area contributed by atoms with Crippen molar-refractivity contribution >= 4 is 36.5 Å². The number of aliphatic hydroxyl groups is 1. The summed E-state index contributed by atoms with van der Waals surface area (Å²) >= 11 is 0.443. The molecule has 10 nitrogen and oxygen atoms in total. The number of aryl methyl sites for hydroxylation is 1. The molecule has 0 radical (unpaired) electrons. The Bertz CT molecular complexity index is 808. The molecule has 0 aliphatic carbocycles. The van der Waals surface area contributed by atoms with Crippen LogP contribution in [-0.4, -0.2) is 47.8 Å². The lowest BCUT2D eigenvalue weighted by atomic mass is 10.2.